The van der Waals surface area contributed by atoms with Gasteiger partial charge in [-0.15, -0.1) is 0 Å². The zero-order chi connectivity index (χ0) is 11.4. The van der Waals surface area contributed by atoms with Gasteiger partial charge in [0.05, 0.1) is 6.61 Å². The Labute approximate surface area is 94.5 Å². The van der Waals surface area contributed by atoms with Crippen LogP contribution in [0.5, 0.6) is 0 Å². The summed E-state index contributed by atoms with van der Waals surface area (Å²) in [5, 5.41) is 3.50. The van der Waals surface area contributed by atoms with E-state index in [4.69, 9.17) is 9.47 Å². The molecule has 3 nitrogen and oxygen atoms in total. The van der Waals surface area contributed by atoms with Gasteiger partial charge in [-0.3, -0.25) is 0 Å². The Balaban J connectivity index is 3.38. The lowest BCUT2D eigenvalue weighted by Crippen LogP contribution is -2.33. The molecule has 92 valence electrons. The van der Waals surface area contributed by atoms with Crippen molar-refractivity contribution in [3.8, 4) is 0 Å². The largest absolute Gasteiger partial charge is 0.383 e. The molecule has 15 heavy (non-hydrogen) atoms. The zero-order valence-electron chi connectivity index (χ0n) is 10.6. The van der Waals surface area contributed by atoms with E-state index in [1.165, 1.54) is 19.3 Å². The maximum atomic E-state index is 5.30. The minimum absolute atomic E-state index is 0.511. The maximum absolute atomic E-state index is 5.30. The lowest BCUT2D eigenvalue weighted by molar-refractivity contribution is 0.136. The molecule has 0 heterocycles. The van der Waals surface area contributed by atoms with Gasteiger partial charge >= 0.3 is 0 Å². The lowest BCUT2D eigenvalue weighted by atomic mass is 10.1. The first-order valence-electron chi connectivity index (χ1n) is 6.15. The fraction of sp³-hybridized carbons (Fsp3) is 1.00. The second kappa shape index (κ2) is 12.0. The van der Waals surface area contributed by atoms with Crippen LogP contribution in [-0.4, -0.2) is 39.5 Å². The van der Waals surface area contributed by atoms with Gasteiger partial charge in [-0.1, -0.05) is 6.92 Å². The number of hydrogen-bond acceptors (Lipinski definition) is 3. The van der Waals surface area contributed by atoms with Gasteiger partial charge < -0.3 is 14.8 Å². The van der Waals surface area contributed by atoms with Crippen molar-refractivity contribution >= 4 is 0 Å². The predicted octanol–water partition coefficient (Wildman–Crippen LogP) is 2.21. The molecular formula is C12H27NO2. The van der Waals surface area contributed by atoms with E-state index in [-0.39, 0.29) is 0 Å². The van der Waals surface area contributed by atoms with Crippen molar-refractivity contribution in [1.82, 2.24) is 5.32 Å². The van der Waals surface area contributed by atoms with Gasteiger partial charge in [0.1, 0.15) is 0 Å². The van der Waals surface area contributed by atoms with Crippen LogP contribution < -0.4 is 5.32 Å². The summed E-state index contributed by atoms with van der Waals surface area (Å²) in [6, 6.07) is 0.511. The lowest BCUT2D eigenvalue weighted by Gasteiger charge is -2.17. The van der Waals surface area contributed by atoms with Crippen LogP contribution in [0.2, 0.25) is 0 Å². The van der Waals surface area contributed by atoms with Crippen LogP contribution in [0.15, 0.2) is 0 Å². The fourth-order valence-electron chi connectivity index (χ4n) is 1.53. The Bertz CT molecular complexity index is 120. The van der Waals surface area contributed by atoms with Crippen LogP contribution in [0.1, 0.15) is 39.5 Å². The highest BCUT2D eigenvalue weighted by Crippen LogP contribution is 2.02. The van der Waals surface area contributed by atoms with E-state index in [1.807, 2.05) is 6.92 Å². The third-order valence-electron chi connectivity index (χ3n) is 2.35. The quantitative estimate of drug-likeness (QED) is 0.538. The summed E-state index contributed by atoms with van der Waals surface area (Å²) >= 11 is 0. The summed E-state index contributed by atoms with van der Waals surface area (Å²) < 4.78 is 10.5. The first-order valence-corrected chi connectivity index (χ1v) is 6.15. The molecule has 1 atom stereocenters. The fourth-order valence-corrected chi connectivity index (χ4v) is 1.53. The molecule has 0 aromatic carbocycles. The third-order valence-corrected chi connectivity index (χ3v) is 2.35. The van der Waals surface area contributed by atoms with Crippen LogP contribution in [0.25, 0.3) is 0 Å². The van der Waals surface area contributed by atoms with Gasteiger partial charge in [-0.25, -0.2) is 0 Å². The number of ether oxygens (including phenoxy) is 2. The Morgan fingerprint density at radius 2 is 2.00 bits per heavy atom. The van der Waals surface area contributed by atoms with Crippen molar-refractivity contribution in [2.45, 2.75) is 45.6 Å². The Kier molecular flexibility index (Phi) is 11.9. The molecule has 0 aromatic rings. The van der Waals surface area contributed by atoms with Crippen LogP contribution >= 0.6 is 0 Å². The van der Waals surface area contributed by atoms with Crippen LogP contribution in [0.4, 0.5) is 0 Å². The zero-order valence-corrected chi connectivity index (χ0v) is 10.6. The summed E-state index contributed by atoms with van der Waals surface area (Å²) in [5.74, 6) is 0. The van der Waals surface area contributed by atoms with Gasteiger partial charge in [0.15, 0.2) is 0 Å². The van der Waals surface area contributed by atoms with Crippen molar-refractivity contribution in [2.24, 2.45) is 0 Å². The van der Waals surface area contributed by atoms with E-state index in [1.54, 1.807) is 7.11 Å². The first-order chi connectivity index (χ1) is 7.35. The van der Waals surface area contributed by atoms with Gasteiger partial charge in [0.25, 0.3) is 0 Å². The molecule has 0 aliphatic rings. The van der Waals surface area contributed by atoms with Gasteiger partial charge in [0, 0.05) is 26.4 Å². The van der Waals surface area contributed by atoms with Crippen molar-refractivity contribution in [2.75, 3.05) is 33.5 Å². The van der Waals surface area contributed by atoms with Gasteiger partial charge in [0.2, 0.25) is 0 Å². The molecule has 0 radical (unpaired) electrons. The van der Waals surface area contributed by atoms with E-state index in [0.29, 0.717) is 6.04 Å². The van der Waals surface area contributed by atoms with E-state index >= 15 is 0 Å². The van der Waals surface area contributed by atoms with Gasteiger partial charge in [-0.05, 0) is 39.2 Å². The van der Waals surface area contributed by atoms with Crippen LogP contribution in [0, 0.1) is 0 Å². The smallest absolute Gasteiger partial charge is 0.0615 e. The average molecular weight is 217 g/mol. The van der Waals surface area contributed by atoms with E-state index < -0.39 is 0 Å². The highest BCUT2D eigenvalue weighted by Gasteiger charge is 2.06. The molecule has 0 aliphatic heterocycles. The second-order valence-corrected chi connectivity index (χ2v) is 3.80. The minimum Gasteiger partial charge on any atom is -0.383 e. The van der Waals surface area contributed by atoms with Crippen LogP contribution in [-0.2, 0) is 9.47 Å². The number of nitrogens with one attached hydrogen (secondary N) is 1. The number of unbranched alkanes of at least 4 members (excludes halogenated alkanes) is 1. The van der Waals surface area contributed by atoms with Crippen molar-refractivity contribution < 1.29 is 9.47 Å². The summed E-state index contributed by atoms with van der Waals surface area (Å²) in [7, 11) is 1.76. The maximum Gasteiger partial charge on any atom is 0.0615 e. The topological polar surface area (TPSA) is 30.5 Å². The normalized spacial score (nSPS) is 13.0. The second-order valence-electron chi connectivity index (χ2n) is 3.80. The van der Waals surface area contributed by atoms with Crippen molar-refractivity contribution in [3.63, 3.8) is 0 Å². The molecule has 1 unspecified atom stereocenters. The third kappa shape index (κ3) is 10.2. The molecule has 0 rings (SSSR count). The Hall–Kier alpha value is -0.120. The Morgan fingerprint density at radius 3 is 2.60 bits per heavy atom. The van der Waals surface area contributed by atoms with Gasteiger partial charge in [-0.2, -0.15) is 0 Å². The first kappa shape index (κ1) is 14.9. The standard InChI is InChI=1S/C12H27NO2/c1-4-9-13-12(11-14-3)8-6-7-10-15-5-2/h12-13H,4-11H2,1-3H3. The molecule has 0 amide bonds. The highest BCUT2D eigenvalue weighted by atomic mass is 16.5. The highest BCUT2D eigenvalue weighted by molar-refractivity contribution is 4.65. The van der Waals surface area contributed by atoms with E-state index in [9.17, 15) is 0 Å². The molecule has 0 bridgehead atoms. The number of methoxy groups -OCH3 is 1. The molecule has 0 spiro atoms. The molecule has 0 aliphatic carbocycles. The molecular weight excluding hydrogens is 190 g/mol. The summed E-state index contributed by atoms with van der Waals surface area (Å²) in [5.41, 5.74) is 0. The van der Waals surface area contributed by atoms with E-state index in [2.05, 4.69) is 12.2 Å². The molecule has 3 heteroatoms. The minimum atomic E-state index is 0.511. The monoisotopic (exact) mass is 217 g/mol. The average Bonchev–Trinajstić information content (AvgIpc) is 2.25. The SMILES string of the molecule is CCCNC(CCCCOCC)COC. The number of rotatable bonds is 11. The van der Waals surface area contributed by atoms with Crippen molar-refractivity contribution in [1.29, 1.82) is 0 Å². The number of hydrogen-bond donors (Lipinski definition) is 1. The molecule has 0 fully saturated rings. The molecule has 0 saturated heterocycles. The molecule has 1 N–H and O–H groups in total. The summed E-state index contributed by atoms with van der Waals surface area (Å²) in [6.07, 6.45) is 4.73. The van der Waals surface area contributed by atoms with Crippen LogP contribution in [0.3, 0.4) is 0 Å². The van der Waals surface area contributed by atoms with Crippen molar-refractivity contribution in [3.05, 3.63) is 0 Å². The predicted molar refractivity (Wildman–Crippen MR) is 64.3 cm³/mol. The molecule has 0 aromatic heterocycles. The summed E-state index contributed by atoms with van der Waals surface area (Å²) in [6.45, 7) is 7.84. The summed E-state index contributed by atoms with van der Waals surface area (Å²) in [4.78, 5) is 0. The Morgan fingerprint density at radius 1 is 1.20 bits per heavy atom. The van der Waals surface area contributed by atoms with E-state index in [0.717, 1.165) is 32.8 Å². The molecule has 0 saturated carbocycles.